The zero-order valence-electron chi connectivity index (χ0n) is 18.9. The van der Waals surface area contributed by atoms with Crippen molar-refractivity contribution in [1.29, 1.82) is 0 Å². The number of thiophene rings is 2. The second-order valence-corrected chi connectivity index (χ2v) is 11.3. The van der Waals surface area contributed by atoms with Crippen molar-refractivity contribution in [3.8, 4) is 9.75 Å². The average Bonchev–Trinajstić information content (AvgIpc) is 3.20. The summed E-state index contributed by atoms with van der Waals surface area (Å²) in [5.74, 6) is -0.625. The van der Waals surface area contributed by atoms with Gasteiger partial charge in [0.1, 0.15) is 6.54 Å². The van der Waals surface area contributed by atoms with E-state index in [-0.39, 0.29) is 73.8 Å². The zero-order valence-corrected chi connectivity index (χ0v) is 21.5. The molecule has 0 unspecified atom stereocenters. The van der Waals surface area contributed by atoms with E-state index in [0.717, 1.165) is 30.6 Å². The van der Waals surface area contributed by atoms with Gasteiger partial charge in [0.25, 0.3) is 0 Å². The predicted molar refractivity (Wildman–Crippen MR) is 172 cm³/mol. The monoisotopic (exact) mass is 593 g/mol. The van der Waals surface area contributed by atoms with Crippen molar-refractivity contribution < 1.29 is 24.0 Å². The van der Waals surface area contributed by atoms with Crippen LogP contribution in [0.1, 0.15) is 65.4 Å². The highest BCUT2D eigenvalue weighted by Crippen LogP contribution is 2.39. The summed E-state index contributed by atoms with van der Waals surface area (Å²) in [5, 5.41) is 16.5. The summed E-state index contributed by atoms with van der Waals surface area (Å²) in [7, 11) is 3.58. The molecule has 0 bridgehead atoms. The minimum Gasteiger partial charge on any atom is -0.544 e. The second kappa shape index (κ2) is 21.0. The molecule has 0 saturated heterocycles. The fourth-order valence-electron chi connectivity index (χ4n) is 3.31. The molecule has 0 aliphatic heterocycles. The third-order valence-corrected chi connectivity index (χ3v) is 7.50. The van der Waals surface area contributed by atoms with Gasteiger partial charge in [-0.05, 0) is 37.1 Å². The van der Waals surface area contributed by atoms with Gasteiger partial charge in [-0.2, -0.15) is 12.6 Å². The van der Waals surface area contributed by atoms with Crippen LogP contribution in [0.2, 0.25) is 0 Å². The summed E-state index contributed by atoms with van der Waals surface area (Å²) in [6.45, 7) is 5.36. The summed E-state index contributed by atoms with van der Waals surface area (Å²) < 4.78 is 0.242. The maximum atomic E-state index is 12.4. The third kappa shape index (κ3) is 14.9. The number of carboxylic acids is 1. The quantitative estimate of drug-likeness (QED) is 0.239. The lowest BCUT2D eigenvalue weighted by molar-refractivity contribution is -0.883. The van der Waals surface area contributed by atoms with Crippen LogP contribution in [0.5, 0.6) is 0 Å². The normalized spacial score (nSPS) is 9.61. The molecule has 2 heterocycles. The average molecular weight is 594 g/mol. The van der Waals surface area contributed by atoms with Crippen molar-refractivity contribution in [2.24, 2.45) is 0 Å². The molecule has 0 fully saturated rings. The number of aliphatic carboxylic acids is 1. The van der Waals surface area contributed by atoms with E-state index in [2.05, 4.69) is 23.3 Å². The summed E-state index contributed by atoms with van der Waals surface area (Å²) >= 11 is 7.41. The van der Waals surface area contributed by atoms with Crippen molar-refractivity contribution in [3.05, 3.63) is 33.0 Å². The lowest BCUT2D eigenvalue weighted by Gasteiger charge is -2.30. The number of carbonyl (C=O) groups is 3. The predicted octanol–water partition coefficient (Wildman–Crippen LogP) is 4.98. The fraction of sp³-hybridized carbons (Fsp3) is 0.607. The number of nitrogens with one attached hydrogen (secondary N) is 2. The molecule has 38 heavy (non-hydrogen) atoms. The van der Waals surface area contributed by atoms with Crippen molar-refractivity contribution in [1.82, 2.24) is 10.6 Å². The van der Waals surface area contributed by atoms with Crippen LogP contribution < -0.4 is 15.7 Å². The van der Waals surface area contributed by atoms with Crippen LogP contribution >= 0.6 is 35.3 Å². The van der Waals surface area contributed by atoms with E-state index in [1.54, 1.807) is 36.8 Å². The highest BCUT2D eigenvalue weighted by atomic mass is 32.1. The summed E-state index contributed by atoms with van der Waals surface area (Å²) in [4.78, 5) is 39.8. The molecule has 2 amide bonds. The Morgan fingerprint density at radius 3 is 1.92 bits per heavy atom. The second-order valence-electron chi connectivity index (χ2n) is 8.37. The van der Waals surface area contributed by atoms with E-state index in [1.807, 2.05) is 26.0 Å². The van der Waals surface area contributed by atoms with Gasteiger partial charge in [0.15, 0.2) is 0 Å². The Morgan fingerprint density at radius 1 is 0.868 bits per heavy atom. The zero-order chi connectivity index (χ0) is 23.9. The standard InChI is InChI=1S/C22H31N3O4S3.6CH4/c1-14-9-17(12-20(27)24-6-8-30)22(31-14)18-10-16(15(2)32-18)11-19(26)23-5-7-25(3,4)13-21(28)29;;;;;;/h9-10H,5-8,11-13H2,1-4H3,(H3-,23,24,26,27,28,29,30);6*1H4. The van der Waals surface area contributed by atoms with E-state index in [4.69, 9.17) is 0 Å². The number of carboxylic acid groups (broad SMARTS) is 1. The molecule has 2 rings (SSSR count). The number of aryl methyl sites for hydroxylation is 2. The van der Waals surface area contributed by atoms with Gasteiger partial charge in [-0.15, -0.1) is 22.7 Å². The van der Waals surface area contributed by atoms with E-state index in [9.17, 15) is 19.5 Å². The molecular weight excluding hydrogens is 539 g/mol. The molecule has 0 radical (unpaired) electrons. The molecule has 10 heteroatoms. The largest absolute Gasteiger partial charge is 0.544 e. The SMILES string of the molecule is C.C.C.C.C.C.Cc1cc(CC(=O)NCCS)c(-c2cc(CC(=O)NCC[N+](C)(C)CC(=O)[O-])c(C)s2)s1. The molecule has 7 nitrogen and oxygen atoms in total. The Morgan fingerprint density at radius 2 is 1.39 bits per heavy atom. The van der Waals surface area contributed by atoms with Gasteiger partial charge in [0, 0.05) is 31.8 Å². The van der Waals surface area contributed by atoms with Gasteiger partial charge in [-0.1, -0.05) is 44.6 Å². The van der Waals surface area contributed by atoms with Crippen LogP contribution in [0, 0.1) is 13.8 Å². The first-order valence-electron chi connectivity index (χ1n) is 10.4. The smallest absolute Gasteiger partial charge is 0.224 e. The lowest BCUT2D eigenvalue weighted by Crippen LogP contribution is -2.51. The maximum absolute atomic E-state index is 12.4. The topological polar surface area (TPSA) is 98.3 Å². The van der Waals surface area contributed by atoms with Crippen LogP contribution in [-0.2, 0) is 27.2 Å². The Labute approximate surface area is 247 Å². The molecule has 224 valence electrons. The van der Waals surface area contributed by atoms with Gasteiger partial charge in [0.2, 0.25) is 11.8 Å². The molecule has 0 saturated carbocycles. The number of quaternary nitrogens is 1. The maximum Gasteiger partial charge on any atom is 0.224 e. The van der Waals surface area contributed by atoms with Gasteiger partial charge in [-0.3, -0.25) is 9.59 Å². The van der Waals surface area contributed by atoms with E-state index in [1.165, 1.54) is 0 Å². The highest BCUT2D eigenvalue weighted by Gasteiger charge is 2.19. The molecule has 0 atom stereocenters. The van der Waals surface area contributed by atoms with Gasteiger partial charge in [-0.25, -0.2) is 0 Å². The fourth-order valence-corrected chi connectivity index (χ4v) is 5.63. The summed E-state index contributed by atoms with van der Waals surface area (Å²) in [6, 6.07) is 4.09. The molecule has 2 aromatic rings. The third-order valence-electron chi connectivity index (χ3n) is 4.91. The van der Waals surface area contributed by atoms with Crippen LogP contribution in [0.4, 0.5) is 0 Å². The van der Waals surface area contributed by atoms with Gasteiger partial charge >= 0.3 is 0 Å². The molecule has 2 N–H and O–H groups in total. The van der Waals surface area contributed by atoms with Crippen molar-refractivity contribution in [2.45, 2.75) is 71.2 Å². The molecular formula is C28H55N3O4S3. The number of rotatable bonds is 12. The molecule has 0 spiro atoms. The number of hydrogen-bond acceptors (Lipinski definition) is 7. The number of nitrogens with zero attached hydrogens (tertiary/aromatic N) is 1. The number of amides is 2. The Balaban J connectivity index is -0.000000605. The summed E-state index contributed by atoms with van der Waals surface area (Å²) in [5.41, 5.74) is 1.96. The van der Waals surface area contributed by atoms with Crippen molar-refractivity contribution >= 4 is 53.1 Å². The van der Waals surface area contributed by atoms with E-state index < -0.39 is 5.97 Å². The number of thiol groups is 1. The van der Waals surface area contributed by atoms with E-state index >= 15 is 0 Å². The van der Waals surface area contributed by atoms with Crippen LogP contribution in [0.3, 0.4) is 0 Å². The minimum absolute atomic E-state index is 0. The van der Waals surface area contributed by atoms with Gasteiger partial charge < -0.3 is 25.0 Å². The van der Waals surface area contributed by atoms with Crippen LogP contribution in [0.15, 0.2) is 12.1 Å². The number of likely N-dealkylation sites (N-methyl/N-ethyl adjacent to an activating group) is 1. The summed E-state index contributed by atoms with van der Waals surface area (Å²) in [6.07, 6.45) is 0.582. The molecule has 2 aromatic heterocycles. The minimum atomic E-state index is -1.11. The van der Waals surface area contributed by atoms with E-state index in [0.29, 0.717) is 31.8 Å². The molecule has 0 aliphatic carbocycles. The van der Waals surface area contributed by atoms with Gasteiger partial charge in [0.05, 0.1) is 46.0 Å². The van der Waals surface area contributed by atoms with Crippen LogP contribution in [0.25, 0.3) is 9.75 Å². The first-order chi connectivity index (χ1) is 15.0. The molecule has 0 aromatic carbocycles. The van der Waals surface area contributed by atoms with Crippen molar-refractivity contribution in [3.63, 3.8) is 0 Å². The lowest BCUT2D eigenvalue weighted by atomic mass is 10.1. The Hall–Kier alpha value is -1.88. The highest BCUT2D eigenvalue weighted by molar-refractivity contribution is 7.80. The number of hydrogen-bond donors (Lipinski definition) is 3. The Bertz CT molecular complexity index is 969. The van der Waals surface area contributed by atoms with Crippen LogP contribution in [-0.4, -0.2) is 68.3 Å². The Kier molecular flexibility index (Phi) is 25.4. The first kappa shape index (κ1) is 46.0. The number of carbonyl (C=O) groups excluding carboxylic acids is 3. The van der Waals surface area contributed by atoms with Crippen molar-refractivity contribution in [2.75, 3.05) is 46.0 Å². The molecule has 0 aliphatic rings. The first-order valence-corrected chi connectivity index (χ1v) is 12.6.